The van der Waals surface area contributed by atoms with Gasteiger partial charge in [-0.2, -0.15) is 0 Å². The fourth-order valence-electron chi connectivity index (χ4n) is 1.28. The van der Waals surface area contributed by atoms with Crippen molar-refractivity contribution in [1.29, 1.82) is 0 Å². The Balaban J connectivity index is 2.99. The quantitative estimate of drug-likeness (QED) is 0.658. The van der Waals surface area contributed by atoms with Crippen molar-refractivity contribution in [2.75, 3.05) is 5.88 Å². The normalized spacial score (nSPS) is 11.8. The number of ketones is 1. The number of hydrogen-bond acceptors (Lipinski definition) is 3. The maximum atomic E-state index is 11.8. The second-order valence-corrected chi connectivity index (χ2v) is 5.84. The van der Waals surface area contributed by atoms with Gasteiger partial charge in [-0.25, -0.2) is 13.1 Å². The number of halogens is 1. The minimum atomic E-state index is -3.50. The number of carbonyl (C=O) groups excluding carboxylic acids is 1. The molecule has 0 saturated carbocycles. The summed E-state index contributed by atoms with van der Waals surface area (Å²) in [5, 5.41) is 0. The molecule has 1 aromatic carbocycles. The van der Waals surface area contributed by atoms with E-state index in [2.05, 4.69) is 4.72 Å². The second kappa shape index (κ2) is 5.62. The molecule has 0 unspecified atom stereocenters. The Hall–Kier alpha value is -0.910. The fraction of sp³-hybridized carbons (Fsp3) is 0.364. The number of hydrogen-bond donors (Lipinski definition) is 1. The van der Waals surface area contributed by atoms with Crippen molar-refractivity contribution >= 4 is 27.4 Å². The zero-order chi connectivity index (χ0) is 13.1. The number of carbonyl (C=O) groups is 1. The molecule has 0 aromatic heterocycles. The van der Waals surface area contributed by atoms with E-state index < -0.39 is 10.0 Å². The molecular formula is C11H14ClNO3S. The summed E-state index contributed by atoms with van der Waals surface area (Å²) in [7, 11) is -3.50. The van der Waals surface area contributed by atoms with Crippen LogP contribution in [0.15, 0.2) is 29.2 Å². The summed E-state index contributed by atoms with van der Waals surface area (Å²) >= 11 is 5.40. The van der Waals surface area contributed by atoms with Crippen molar-refractivity contribution in [2.45, 2.75) is 24.8 Å². The standard InChI is InChI=1S/C11H14ClNO3S/c1-8(2)13-17(15,16)10-5-3-9(4-6-10)11(14)7-12/h3-6,8,13H,7H2,1-2H3. The first-order chi connectivity index (χ1) is 7.86. The van der Waals surface area contributed by atoms with Crippen molar-refractivity contribution < 1.29 is 13.2 Å². The van der Waals surface area contributed by atoms with Gasteiger partial charge in [0.1, 0.15) is 0 Å². The van der Waals surface area contributed by atoms with Crippen LogP contribution in [0.1, 0.15) is 24.2 Å². The molecule has 0 saturated heterocycles. The van der Waals surface area contributed by atoms with Gasteiger partial charge in [-0.15, -0.1) is 11.6 Å². The van der Waals surface area contributed by atoms with Crippen LogP contribution in [0.3, 0.4) is 0 Å². The van der Waals surface area contributed by atoms with E-state index in [0.717, 1.165) is 0 Å². The number of rotatable bonds is 5. The third-order valence-corrected chi connectivity index (χ3v) is 3.92. The van der Waals surface area contributed by atoms with E-state index in [1.165, 1.54) is 24.3 Å². The van der Waals surface area contributed by atoms with Crippen LogP contribution < -0.4 is 4.72 Å². The molecule has 0 aliphatic rings. The lowest BCUT2D eigenvalue weighted by molar-refractivity contribution is 0.102. The van der Waals surface area contributed by atoms with Gasteiger partial charge in [0.25, 0.3) is 0 Å². The lowest BCUT2D eigenvalue weighted by Gasteiger charge is -2.09. The van der Waals surface area contributed by atoms with Crippen LogP contribution in [-0.4, -0.2) is 26.1 Å². The first-order valence-electron chi connectivity index (χ1n) is 5.08. The molecule has 4 nitrogen and oxygen atoms in total. The lowest BCUT2D eigenvalue weighted by Crippen LogP contribution is -2.30. The molecule has 0 atom stereocenters. The summed E-state index contributed by atoms with van der Waals surface area (Å²) in [5.74, 6) is -0.344. The molecule has 0 aliphatic carbocycles. The first-order valence-corrected chi connectivity index (χ1v) is 7.10. The molecule has 1 N–H and O–H groups in total. The highest BCUT2D eigenvalue weighted by molar-refractivity contribution is 7.89. The third-order valence-electron chi connectivity index (χ3n) is 2.00. The zero-order valence-corrected chi connectivity index (χ0v) is 11.2. The Morgan fingerprint density at radius 3 is 2.24 bits per heavy atom. The van der Waals surface area contributed by atoms with Crippen LogP contribution in [0.4, 0.5) is 0 Å². The number of benzene rings is 1. The fourth-order valence-corrected chi connectivity index (χ4v) is 2.68. The molecular weight excluding hydrogens is 262 g/mol. The van der Waals surface area contributed by atoms with Gasteiger partial charge in [0.05, 0.1) is 10.8 Å². The third kappa shape index (κ3) is 3.80. The van der Waals surface area contributed by atoms with E-state index in [-0.39, 0.29) is 22.6 Å². The van der Waals surface area contributed by atoms with E-state index in [1.54, 1.807) is 13.8 Å². The van der Waals surface area contributed by atoms with Crippen LogP contribution in [0.25, 0.3) is 0 Å². The van der Waals surface area contributed by atoms with E-state index >= 15 is 0 Å². The molecule has 0 heterocycles. The van der Waals surface area contributed by atoms with Crippen LogP contribution in [-0.2, 0) is 10.0 Å². The number of nitrogens with one attached hydrogen (secondary N) is 1. The highest BCUT2D eigenvalue weighted by Crippen LogP contribution is 2.11. The Kier molecular flexibility index (Phi) is 4.68. The zero-order valence-electron chi connectivity index (χ0n) is 9.60. The van der Waals surface area contributed by atoms with Crippen molar-refractivity contribution in [3.63, 3.8) is 0 Å². The minimum Gasteiger partial charge on any atom is -0.293 e. The highest BCUT2D eigenvalue weighted by atomic mass is 35.5. The average molecular weight is 276 g/mol. The summed E-state index contributed by atoms with van der Waals surface area (Å²) in [6, 6.07) is 5.53. The average Bonchev–Trinajstić information content (AvgIpc) is 2.26. The Bertz CT molecular complexity index is 494. The van der Waals surface area contributed by atoms with Gasteiger partial charge in [0.15, 0.2) is 5.78 Å². The van der Waals surface area contributed by atoms with Gasteiger partial charge in [0, 0.05) is 11.6 Å². The van der Waals surface area contributed by atoms with Crippen molar-refractivity contribution in [3.8, 4) is 0 Å². The van der Waals surface area contributed by atoms with Gasteiger partial charge in [-0.1, -0.05) is 12.1 Å². The van der Waals surface area contributed by atoms with Crippen LogP contribution in [0.2, 0.25) is 0 Å². The van der Waals surface area contributed by atoms with Gasteiger partial charge in [-0.3, -0.25) is 4.79 Å². The topological polar surface area (TPSA) is 63.2 Å². The molecule has 0 fully saturated rings. The molecule has 0 bridgehead atoms. The van der Waals surface area contributed by atoms with E-state index in [0.29, 0.717) is 5.56 Å². The summed E-state index contributed by atoms with van der Waals surface area (Å²) in [6.07, 6.45) is 0. The van der Waals surface area contributed by atoms with Crippen LogP contribution in [0, 0.1) is 0 Å². The molecule has 94 valence electrons. The Labute approximate surface area is 106 Å². The summed E-state index contributed by atoms with van der Waals surface area (Å²) in [5.41, 5.74) is 0.406. The molecule has 0 aliphatic heterocycles. The summed E-state index contributed by atoms with van der Waals surface area (Å²) < 4.78 is 26.0. The van der Waals surface area contributed by atoms with Gasteiger partial charge in [0.2, 0.25) is 10.0 Å². The van der Waals surface area contributed by atoms with Crippen molar-refractivity contribution in [3.05, 3.63) is 29.8 Å². The monoisotopic (exact) mass is 275 g/mol. The van der Waals surface area contributed by atoms with Crippen LogP contribution >= 0.6 is 11.6 Å². The van der Waals surface area contributed by atoms with E-state index in [9.17, 15) is 13.2 Å². The lowest BCUT2D eigenvalue weighted by atomic mass is 10.1. The predicted octanol–water partition coefficient (Wildman–Crippen LogP) is 1.79. The first kappa shape index (κ1) is 14.2. The SMILES string of the molecule is CC(C)NS(=O)(=O)c1ccc(C(=O)CCl)cc1. The van der Waals surface area contributed by atoms with Crippen LogP contribution in [0.5, 0.6) is 0 Å². The summed E-state index contributed by atoms with van der Waals surface area (Å²) in [6.45, 7) is 3.48. The largest absolute Gasteiger partial charge is 0.293 e. The molecule has 6 heteroatoms. The smallest absolute Gasteiger partial charge is 0.240 e. The molecule has 1 rings (SSSR count). The molecule has 1 aromatic rings. The summed E-state index contributed by atoms with van der Waals surface area (Å²) in [4.78, 5) is 11.4. The van der Waals surface area contributed by atoms with E-state index in [4.69, 9.17) is 11.6 Å². The molecule has 0 radical (unpaired) electrons. The molecule has 17 heavy (non-hydrogen) atoms. The Morgan fingerprint density at radius 1 is 1.29 bits per heavy atom. The van der Waals surface area contributed by atoms with Gasteiger partial charge >= 0.3 is 0 Å². The number of Topliss-reactive ketones (excluding diaryl/α,β-unsaturated/α-hetero) is 1. The highest BCUT2D eigenvalue weighted by Gasteiger charge is 2.15. The minimum absolute atomic E-state index is 0.115. The Morgan fingerprint density at radius 2 is 1.82 bits per heavy atom. The van der Waals surface area contributed by atoms with Crippen molar-refractivity contribution in [2.24, 2.45) is 0 Å². The number of sulfonamides is 1. The number of alkyl halides is 1. The molecule has 0 amide bonds. The predicted molar refractivity (Wildman–Crippen MR) is 67.0 cm³/mol. The van der Waals surface area contributed by atoms with Crippen molar-refractivity contribution in [1.82, 2.24) is 4.72 Å². The molecule has 0 spiro atoms. The van der Waals surface area contributed by atoms with Gasteiger partial charge < -0.3 is 0 Å². The van der Waals surface area contributed by atoms with E-state index in [1.807, 2.05) is 0 Å². The maximum absolute atomic E-state index is 11.8. The van der Waals surface area contributed by atoms with Gasteiger partial charge in [-0.05, 0) is 26.0 Å². The maximum Gasteiger partial charge on any atom is 0.240 e. The second-order valence-electron chi connectivity index (χ2n) is 3.86.